The van der Waals surface area contributed by atoms with Crippen molar-refractivity contribution in [1.82, 2.24) is 0 Å². The average molecular weight is 222 g/mol. The van der Waals surface area contributed by atoms with Crippen molar-refractivity contribution in [2.45, 2.75) is 24.5 Å². The summed E-state index contributed by atoms with van der Waals surface area (Å²) in [6.07, 6.45) is -0.475. The van der Waals surface area contributed by atoms with Gasteiger partial charge in [-0.1, -0.05) is 30.3 Å². The largest absolute Gasteiger partial charge is 0.479 e. The third-order valence-electron chi connectivity index (χ3n) is 3.19. The van der Waals surface area contributed by atoms with Crippen LogP contribution < -0.4 is 0 Å². The fourth-order valence-electron chi connectivity index (χ4n) is 2.13. The zero-order valence-electron chi connectivity index (χ0n) is 8.71. The fourth-order valence-corrected chi connectivity index (χ4v) is 2.13. The van der Waals surface area contributed by atoms with E-state index in [4.69, 9.17) is 5.11 Å². The van der Waals surface area contributed by atoms with Gasteiger partial charge in [-0.2, -0.15) is 0 Å². The number of aliphatic hydroxyl groups excluding tert-OH is 1. The maximum Gasteiger partial charge on any atom is 0.335 e. The molecule has 4 nitrogen and oxygen atoms in total. The Balaban J connectivity index is 2.01. The molecule has 1 atom stereocenters. The highest BCUT2D eigenvalue weighted by Gasteiger charge is 2.51. The molecule has 2 rings (SSSR count). The van der Waals surface area contributed by atoms with Crippen LogP contribution in [0.1, 0.15) is 24.5 Å². The van der Waals surface area contributed by atoms with Crippen LogP contribution in [0.15, 0.2) is 30.3 Å². The Morgan fingerprint density at radius 2 is 1.88 bits per heavy atom. The monoisotopic (exact) mass is 222 g/mol. The first-order chi connectivity index (χ1) is 7.53. The number of rotatable bonds is 3. The molecule has 0 radical (unpaired) electrons. The molecule has 86 valence electrons. The van der Waals surface area contributed by atoms with Crippen molar-refractivity contribution in [2.24, 2.45) is 5.92 Å². The van der Waals surface area contributed by atoms with Crippen LogP contribution in [-0.4, -0.2) is 26.9 Å². The zero-order valence-corrected chi connectivity index (χ0v) is 8.71. The van der Waals surface area contributed by atoms with E-state index in [9.17, 15) is 15.0 Å². The van der Waals surface area contributed by atoms with Gasteiger partial charge in [0.05, 0.1) is 6.10 Å². The minimum absolute atomic E-state index is 0.110. The third kappa shape index (κ3) is 1.81. The van der Waals surface area contributed by atoms with E-state index >= 15 is 0 Å². The molecule has 1 aromatic carbocycles. The first kappa shape index (κ1) is 11.1. The number of aliphatic hydroxyl groups is 2. The maximum atomic E-state index is 10.7. The summed E-state index contributed by atoms with van der Waals surface area (Å²) in [7, 11) is 0. The molecule has 3 N–H and O–H groups in total. The number of carboxylic acid groups (broad SMARTS) is 1. The molecule has 1 aliphatic rings. The second-order valence-electron chi connectivity index (χ2n) is 4.36. The molecule has 1 unspecified atom stereocenters. The van der Waals surface area contributed by atoms with E-state index in [0.717, 1.165) is 5.56 Å². The average Bonchev–Trinajstić information content (AvgIpc) is 2.25. The molecule has 1 fully saturated rings. The number of carbonyl (C=O) groups is 1. The molecule has 1 saturated carbocycles. The van der Waals surface area contributed by atoms with Crippen LogP contribution in [0.2, 0.25) is 0 Å². The number of benzene rings is 1. The standard InChI is InChI=1S/C12H14O4/c13-10(8-4-2-1-3-5-8)9-6-12(16,7-9)11(14)15/h1-5,9-10,13,16H,6-7H2,(H,14,15). The summed E-state index contributed by atoms with van der Waals surface area (Å²) in [5, 5.41) is 28.2. The fraction of sp³-hybridized carbons (Fsp3) is 0.417. The second-order valence-corrected chi connectivity index (χ2v) is 4.36. The van der Waals surface area contributed by atoms with Crippen molar-refractivity contribution in [1.29, 1.82) is 0 Å². The van der Waals surface area contributed by atoms with Gasteiger partial charge in [-0.15, -0.1) is 0 Å². The number of aliphatic carboxylic acids is 1. The van der Waals surface area contributed by atoms with Crippen LogP contribution in [-0.2, 0) is 4.79 Å². The SMILES string of the molecule is O=C(O)C1(O)CC(C(O)c2ccccc2)C1. The molecule has 4 heteroatoms. The van der Waals surface area contributed by atoms with Gasteiger partial charge in [0.25, 0.3) is 0 Å². The van der Waals surface area contributed by atoms with E-state index in [0.29, 0.717) is 0 Å². The highest BCUT2D eigenvalue weighted by molar-refractivity contribution is 5.78. The summed E-state index contributed by atoms with van der Waals surface area (Å²) in [6.45, 7) is 0. The van der Waals surface area contributed by atoms with Crippen LogP contribution in [0.25, 0.3) is 0 Å². The van der Waals surface area contributed by atoms with Gasteiger partial charge in [-0.3, -0.25) is 0 Å². The van der Waals surface area contributed by atoms with Gasteiger partial charge >= 0.3 is 5.97 Å². The lowest BCUT2D eigenvalue weighted by Gasteiger charge is -2.42. The Morgan fingerprint density at radius 3 is 2.38 bits per heavy atom. The van der Waals surface area contributed by atoms with E-state index in [1.54, 1.807) is 12.1 Å². The minimum atomic E-state index is -1.64. The number of hydrogen-bond acceptors (Lipinski definition) is 3. The van der Waals surface area contributed by atoms with Gasteiger partial charge in [0.15, 0.2) is 5.60 Å². The molecule has 0 spiro atoms. The van der Waals surface area contributed by atoms with Crippen molar-refractivity contribution in [3.8, 4) is 0 Å². The van der Waals surface area contributed by atoms with Gasteiger partial charge in [-0.25, -0.2) is 4.79 Å². The summed E-state index contributed by atoms with van der Waals surface area (Å²) in [5.41, 5.74) is -0.875. The minimum Gasteiger partial charge on any atom is -0.479 e. The van der Waals surface area contributed by atoms with E-state index in [-0.39, 0.29) is 18.8 Å². The molecular formula is C12H14O4. The predicted molar refractivity (Wildman–Crippen MR) is 56.7 cm³/mol. The summed E-state index contributed by atoms with van der Waals surface area (Å²) in [4.78, 5) is 10.7. The van der Waals surface area contributed by atoms with E-state index < -0.39 is 17.7 Å². The highest BCUT2D eigenvalue weighted by Crippen LogP contribution is 2.44. The Morgan fingerprint density at radius 1 is 1.31 bits per heavy atom. The Bertz CT molecular complexity index is 381. The van der Waals surface area contributed by atoms with Crippen molar-refractivity contribution in [3.63, 3.8) is 0 Å². The van der Waals surface area contributed by atoms with Crippen LogP contribution >= 0.6 is 0 Å². The first-order valence-electron chi connectivity index (χ1n) is 5.22. The molecule has 0 saturated heterocycles. The molecule has 1 aliphatic carbocycles. The van der Waals surface area contributed by atoms with Gasteiger partial charge < -0.3 is 15.3 Å². The first-order valence-corrected chi connectivity index (χ1v) is 5.22. The predicted octanol–water partition coefficient (Wildman–Crippen LogP) is 0.946. The lowest BCUT2D eigenvalue weighted by atomic mass is 9.67. The molecule has 1 aromatic rings. The van der Waals surface area contributed by atoms with Gasteiger partial charge in [0.1, 0.15) is 0 Å². The maximum absolute atomic E-state index is 10.7. The number of hydrogen-bond donors (Lipinski definition) is 3. The van der Waals surface area contributed by atoms with E-state index in [2.05, 4.69) is 0 Å². The summed E-state index contributed by atoms with van der Waals surface area (Å²) in [5.74, 6) is -1.38. The number of carboxylic acids is 1. The summed E-state index contributed by atoms with van der Waals surface area (Å²) in [6, 6.07) is 9.08. The van der Waals surface area contributed by atoms with Crippen molar-refractivity contribution in [2.75, 3.05) is 0 Å². The smallest absolute Gasteiger partial charge is 0.335 e. The lowest BCUT2D eigenvalue weighted by Crippen LogP contribution is -2.52. The lowest BCUT2D eigenvalue weighted by molar-refractivity contribution is -0.180. The van der Waals surface area contributed by atoms with E-state index in [1.807, 2.05) is 18.2 Å². The second kappa shape index (κ2) is 3.88. The van der Waals surface area contributed by atoms with Crippen LogP contribution in [0.3, 0.4) is 0 Å². The van der Waals surface area contributed by atoms with Gasteiger partial charge in [-0.05, 0) is 24.3 Å². The highest BCUT2D eigenvalue weighted by atomic mass is 16.4. The Labute approximate surface area is 93.2 Å². The van der Waals surface area contributed by atoms with Crippen molar-refractivity contribution >= 4 is 5.97 Å². The molecule has 0 heterocycles. The third-order valence-corrected chi connectivity index (χ3v) is 3.19. The molecular weight excluding hydrogens is 208 g/mol. The van der Waals surface area contributed by atoms with Crippen LogP contribution in [0.4, 0.5) is 0 Å². The quantitative estimate of drug-likeness (QED) is 0.711. The Kier molecular flexibility index (Phi) is 2.69. The molecule has 0 aromatic heterocycles. The topological polar surface area (TPSA) is 77.8 Å². The van der Waals surface area contributed by atoms with Crippen molar-refractivity contribution in [3.05, 3.63) is 35.9 Å². The summed E-state index contributed by atoms with van der Waals surface area (Å²) >= 11 is 0. The van der Waals surface area contributed by atoms with Gasteiger partial charge in [0.2, 0.25) is 0 Å². The van der Waals surface area contributed by atoms with Crippen molar-refractivity contribution < 1.29 is 20.1 Å². The molecule has 16 heavy (non-hydrogen) atoms. The molecule has 0 aliphatic heterocycles. The molecule has 0 amide bonds. The Hall–Kier alpha value is -1.39. The summed E-state index contributed by atoms with van der Waals surface area (Å²) < 4.78 is 0. The van der Waals surface area contributed by atoms with Gasteiger partial charge in [0, 0.05) is 0 Å². The molecule has 0 bridgehead atoms. The van der Waals surface area contributed by atoms with Crippen LogP contribution in [0.5, 0.6) is 0 Å². The van der Waals surface area contributed by atoms with E-state index in [1.165, 1.54) is 0 Å². The zero-order chi connectivity index (χ0) is 11.8. The van der Waals surface area contributed by atoms with Crippen LogP contribution in [0, 0.1) is 5.92 Å². The normalized spacial score (nSPS) is 30.5.